The quantitative estimate of drug-likeness (QED) is 0.794. The Morgan fingerprint density at radius 1 is 1.38 bits per heavy atom. The van der Waals surface area contributed by atoms with E-state index in [1.807, 2.05) is 6.07 Å². The second-order valence-electron chi connectivity index (χ2n) is 6.05. The molecule has 1 fully saturated rings. The molecule has 2 rings (SSSR count). The predicted octanol–water partition coefficient (Wildman–Crippen LogP) is 2.48. The average Bonchev–Trinajstić information content (AvgIpc) is 2.79. The number of amides is 2. The van der Waals surface area contributed by atoms with Crippen LogP contribution >= 0.6 is 11.6 Å². The zero-order chi connectivity index (χ0) is 19.1. The van der Waals surface area contributed by atoms with Gasteiger partial charge in [0.15, 0.2) is 6.10 Å². The summed E-state index contributed by atoms with van der Waals surface area (Å²) in [5, 5.41) is 11.6. The number of ether oxygens (including phenoxy) is 1. The molecule has 1 heterocycles. The molecule has 1 saturated heterocycles. The van der Waals surface area contributed by atoms with Gasteiger partial charge in [0.1, 0.15) is 12.6 Å². The smallest absolute Gasteiger partial charge is 0.326 e. The lowest BCUT2D eigenvalue weighted by molar-refractivity contribution is -0.156. The molecule has 0 bridgehead atoms. The Morgan fingerprint density at radius 3 is 2.85 bits per heavy atom. The van der Waals surface area contributed by atoms with Crippen LogP contribution in [-0.2, 0) is 19.1 Å². The standard InChI is InChI=1S/C18H20ClN3O4/c1-12(18(25)21-14-7-6-13(10-20)15(19)9-14)26-17(24)11-22-8-4-2-3-5-16(22)23/h6-7,9,12H,2-5,8,11H2,1H3,(H,21,25)/t12-/m1/s1. The second kappa shape index (κ2) is 9.20. The zero-order valence-electron chi connectivity index (χ0n) is 14.5. The SMILES string of the molecule is C[C@@H](OC(=O)CN1CCCCCC1=O)C(=O)Nc1ccc(C#N)c(Cl)c1. The van der Waals surface area contributed by atoms with E-state index in [0.29, 0.717) is 24.2 Å². The van der Waals surface area contributed by atoms with Crippen molar-refractivity contribution in [3.63, 3.8) is 0 Å². The van der Waals surface area contributed by atoms with Crippen molar-refractivity contribution in [3.8, 4) is 6.07 Å². The molecule has 26 heavy (non-hydrogen) atoms. The lowest BCUT2D eigenvalue weighted by atomic mass is 10.2. The number of hydrogen-bond acceptors (Lipinski definition) is 5. The van der Waals surface area contributed by atoms with Gasteiger partial charge in [0.25, 0.3) is 5.91 Å². The van der Waals surface area contributed by atoms with Crippen molar-refractivity contribution in [2.75, 3.05) is 18.4 Å². The molecule has 1 N–H and O–H groups in total. The van der Waals surface area contributed by atoms with E-state index in [1.165, 1.54) is 30.0 Å². The summed E-state index contributed by atoms with van der Waals surface area (Å²) >= 11 is 5.92. The van der Waals surface area contributed by atoms with Crippen LogP contribution in [0.3, 0.4) is 0 Å². The molecule has 1 atom stereocenters. The van der Waals surface area contributed by atoms with Crippen molar-refractivity contribution in [2.45, 2.75) is 38.7 Å². The van der Waals surface area contributed by atoms with E-state index in [2.05, 4.69) is 5.32 Å². The number of esters is 1. The minimum absolute atomic E-state index is 0.0659. The molecule has 0 radical (unpaired) electrons. The number of rotatable bonds is 5. The van der Waals surface area contributed by atoms with Crippen molar-refractivity contribution in [2.24, 2.45) is 0 Å². The topological polar surface area (TPSA) is 99.5 Å². The maximum atomic E-state index is 12.1. The number of halogens is 1. The van der Waals surface area contributed by atoms with Crippen LogP contribution in [0.2, 0.25) is 5.02 Å². The van der Waals surface area contributed by atoms with E-state index in [-0.39, 0.29) is 17.5 Å². The third-order valence-electron chi connectivity index (χ3n) is 4.03. The molecule has 0 aliphatic carbocycles. The fraction of sp³-hybridized carbons (Fsp3) is 0.444. The molecule has 8 heteroatoms. The van der Waals surface area contributed by atoms with Crippen LogP contribution in [0.5, 0.6) is 0 Å². The van der Waals surface area contributed by atoms with Gasteiger partial charge in [-0.15, -0.1) is 0 Å². The Morgan fingerprint density at radius 2 is 2.15 bits per heavy atom. The number of hydrogen-bond donors (Lipinski definition) is 1. The van der Waals surface area contributed by atoms with E-state index in [1.54, 1.807) is 0 Å². The molecule has 0 unspecified atom stereocenters. The molecule has 0 saturated carbocycles. The molecule has 0 aromatic heterocycles. The lowest BCUT2D eigenvalue weighted by Crippen LogP contribution is -2.38. The van der Waals surface area contributed by atoms with Gasteiger partial charge < -0.3 is 15.0 Å². The Bertz CT molecular complexity index is 744. The van der Waals surface area contributed by atoms with Gasteiger partial charge in [-0.3, -0.25) is 14.4 Å². The van der Waals surface area contributed by atoms with E-state index < -0.39 is 18.0 Å². The maximum absolute atomic E-state index is 12.1. The number of carbonyl (C=O) groups excluding carboxylic acids is 3. The number of nitrogens with one attached hydrogen (secondary N) is 1. The monoisotopic (exact) mass is 377 g/mol. The number of likely N-dealkylation sites (tertiary alicyclic amines) is 1. The molecule has 1 aliphatic heterocycles. The highest BCUT2D eigenvalue weighted by atomic mass is 35.5. The summed E-state index contributed by atoms with van der Waals surface area (Å²) in [5.41, 5.74) is 0.691. The van der Waals surface area contributed by atoms with Crippen LogP contribution in [0.15, 0.2) is 18.2 Å². The Hall–Kier alpha value is -2.59. The summed E-state index contributed by atoms with van der Waals surface area (Å²) in [5.74, 6) is -1.22. The first kappa shape index (κ1) is 19.7. The first-order valence-electron chi connectivity index (χ1n) is 8.38. The third kappa shape index (κ3) is 5.46. The largest absolute Gasteiger partial charge is 0.451 e. The molecular weight excluding hydrogens is 358 g/mol. The maximum Gasteiger partial charge on any atom is 0.326 e. The highest BCUT2D eigenvalue weighted by molar-refractivity contribution is 6.32. The summed E-state index contributed by atoms with van der Waals surface area (Å²) < 4.78 is 5.12. The van der Waals surface area contributed by atoms with Crippen LogP contribution in [-0.4, -0.2) is 41.9 Å². The molecule has 1 aliphatic rings. The van der Waals surface area contributed by atoms with E-state index in [9.17, 15) is 14.4 Å². The average molecular weight is 378 g/mol. The van der Waals surface area contributed by atoms with Gasteiger partial charge in [-0.05, 0) is 38.0 Å². The molecular formula is C18H20ClN3O4. The van der Waals surface area contributed by atoms with Crippen LogP contribution in [0, 0.1) is 11.3 Å². The van der Waals surface area contributed by atoms with Gasteiger partial charge in [-0.1, -0.05) is 18.0 Å². The van der Waals surface area contributed by atoms with Gasteiger partial charge in [-0.25, -0.2) is 0 Å². The van der Waals surface area contributed by atoms with Crippen molar-refractivity contribution >= 4 is 35.1 Å². The van der Waals surface area contributed by atoms with Gasteiger partial charge >= 0.3 is 5.97 Å². The van der Waals surface area contributed by atoms with Gasteiger partial charge in [0.05, 0.1) is 10.6 Å². The first-order valence-corrected chi connectivity index (χ1v) is 8.76. The number of anilines is 1. The van der Waals surface area contributed by atoms with E-state index >= 15 is 0 Å². The fourth-order valence-corrected chi connectivity index (χ4v) is 2.80. The summed E-state index contributed by atoms with van der Waals surface area (Å²) in [6, 6.07) is 6.39. The van der Waals surface area contributed by atoms with Crippen molar-refractivity contribution in [1.29, 1.82) is 5.26 Å². The first-order chi connectivity index (χ1) is 12.4. The normalized spacial score (nSPS) is 15.6. The summed E-state index contributed by atoms with van der Waals surface area (Å²) in [4.78, 5) is 37.5. The Balaban J connectivity index is 1.87. The minimum atomic E-state index is -1.03. The van der Waals surface area contributed by atoms with Gasteiger partial charge in [-0.2, -0.15) is 5.26 Å². The Labute approximate surface area is 156 Å². The van der Waals surface area contributed by atoms with Crippen molar-refractivity contribution < 1.29 is 19.1 Å². The molecule has 1 aromatic rings. The minimum Gasteiger partial charge on any atom is -0.451 e. The van der Waals surface area contributed by atoms with Crippen LogP contribution in [0.4, 0.5) is 5.69 Å². The lowest BCUT2D eigenvalue weighted by Gasteiger charge is -2.20. The number of nitriles is 1. The second-order valence-corrected chi connectivity index (χ2v) is 6.46. The van der Waals surface area contributed by atoms with E-state index in [4.69, 9.17) is 21.6 Å². The van der Waals surface area contributed by atoms with E-state index in [0.717, 1.165) is 19.3 Å². The van der Waals surface area contributed by atoms with Crippen LogP contribution in [0.25, 0.3) is 0 Å². The molecule has 2 amide bonds. The number of benzene rings is 1. The molecule has 1 aromatic carbocycles. The van der Waals surface area contributed by atoms with Crippen LogP contribution < -0.4 is 5.32 Å². The third-order valence-corrected chi connectivity index (χ3v) is 4.34. The van der Waals surface area contributed by atoms with Crippen molar-refractivity contribution in [1.82, 2.24) is 4.90 Å². The van der Waals surface area contributed by atoms with Gasteiger partial charge in [0, 0.05) is 18.7 Å². The Kier molecular flexibility index (Phi) is 6.98. The van der Waals surface area contributed by atoms with Gasteiger partial charge in [0.2, 0.25) is 5.91 Å². The fourth-order valence-electron chi connectivity index (χ4n) is 2.58. The number of nitrogens with zero attached hydrogens (tertiary/aromatic N) is 2. The molecule has 7 nitrogen and oxygen atoms in total. The summed E-state index contributed by atoms with van der Waals surface area (Å²) in [6.07, 6.45) is 2.05. The van der Waals surface area contributed by atoms with Crippen molar-refractivity contribution in [3.05, 3.63) is 28.8 Å². The predicted molar refractivity (Wildman–Crippen MR) is 95.4 cm³/mol. The molecule has 138 valence electrons. The summed E-state index contributed by atoms with van der Waals surface area (Å²) in [6.45, 7) is 1.82. The highest BCUT2D eigenvalue weighted by Gasteiger charge is 2.23. The summed E-state index contributed by atoms with van der Waals surface area (Å²) in [7, 11) is 0. The number of carbonyl (C=O) groups is 3. The van der Waals surface area contributed by atoms with Crippen LogP contribution in [0.1, 0.15) is 38.2 Å². The molecule has 0 spiro atoms. The zero-order valence-corrected chi connectivity index (χ0v) is 15.2. The highest BCUT2D eigenvalue weighted by Crippen LogP contribution is 2.20.